The van der Waals surface area contributed by atoms with Crippen molar-refractivity contribution in [1.82, 2.24) is 15.1 Å². The Morgan fingerprint density at radius 3 is 2.12 bits per heavy atom. The van der Waals surface area contributed by atoms with Crippen molar-refractivity contribution < 1.29 is 19.1 Å². The van der Waals surface area contributed by atoms with Gasteiger partial charge < -0.3 is 15.0 Å². The monoisotopic (exact) mass is 479 g/mol. The van der Waals surface area contributed by atoms with Crippen LogP contribution >= 0.6 is 0 Å². The number of esters is 1. The zero-order chi connectivity index (χ0) is 26.7. The Hall–Kier alpha value is -2.33. The highest BCUT2D eigenvalue weighted by Crippen LogP contribution is 2.19. The van der Waals surface area contributed by atoms with Crippen molar-refractivity contribution in [1.29, 1.82) is 0 Å². The molecule has 0 radical (unpaired) electrons. The van der Waals surface area contributed by atoms with Gasteiger partial charge in [0.05, 0.1) is 24.7 Å². The zero-order valence-electron chi connectivity index (χ0n) is 23.1. The summed E-state index contributed by atoms with van der Waals surface area (Å²) >= 11 is 0. The van der Waals surface area contributed by atoms with Crippen molar-refractivity contribution in [2.24, 2.45) is 5.92 Å². The molecule has 1 rings (SSSR count). The first-order chi connectivity index (χ1) is 15.9. The fraction of sp³-hybridized carbons (Fsp3) is 0.741. The number of rotatable bonds is 9. The average molecular weight is 480 g/mol. The molecule has 1 fully saturated rings. The maximum atomic E-state index is 11.9. The Morgan fingerprint density at radius 2 is 1.71 bits per heavy atom. The predicted molar refractivity (Wildman–Crippen MR) is 140 cm³/mol. The fourth-order valence-corrected chi connectivity index (χ4v) is 3.28. The lowest BCUT2D eigenvalue weighted by atomic mass is 10.00. The molecular formula is C27H49N3O4. The van der Waals surface area contributed by atoms with Gasteiger partial charge in [-0.15, -0.1) is 6.42 Å². The summed E-state index contributed by atoms with van der Waals surface area (Å²) in [6.45, 7) is 18.4. The number of hydrogen-bond acceptors (Lipinski definition) is 5. The van der Waals surface area contributed by atoms with E-state index < -0.39 is 0 Å². The Labute approximate surface area is 208 Å². The number of likely N-dealkylation sites (N-methyl/N-ethyl adjacent to an activating group) is 1. The number of likely N-dealkylation sites (tertiary alicyclic amines) is 1. The van der Waals surface area contributed by atoms with E-state index in [1.54, 1.807) is 27.0 Å². The smallest absolute Gasteiger partial charge is 0.333 e. The van der Waals surface area contributed by atoms with Crippen molar-refractivity contribution >= 4 is 18.3 Å². The summed E-state index contributed by atoms with van der Waals surface area (Å²) in [6, 6.07) is -0.236. The van der Waals surface area contributed by atoms with Gasteiger partial charge >= 0.3 is 5.97 Å². The second kappa shape index (κ2) is 19.0. The SMILES string of the molecule is C#CC(C)(C)N1CCCCC1.CCC.CCOC(=O)/C(C)=C/[C@H](C(C)C)N(C)C(=O)CNC=O. The van der Waals surface area contributed by atoms with E-state index in [4.69, 9.17) is 11.2 Å². The van der Waals surface area contributed by atoms with E-state index in [1.807, 2.05) is 13.8 Å². The molecule has 0 aromatic rings. The Morgan fingerprint density at radius 1 is 1.18 bits per heavy atom. The second-order valence-electron chi connectivity index (χ2n) is 9.27. The fourth-order valence-electron chi connectivity index (χ4n) is 3.28. The molecule has 0 aromatic heterocycles. The Bertz CT molecular complexity index is 659. The van der Waals surface area contributed by atoms with Crippen molar-refractivity contribution in [2.45, 2.75) is 92.7 Å². The molecule has 0 aromatic carbocycles. The number of hydrogen-bond donors (Lipinski definition) is 1. The number of carbonyl (C=O) groups excluding carboxylic acids is 3. The molecule has 0 unspecified atom stereocenters. The van der Waals surface area contributed by atoms with Crippen LogP contribution in [0.2, 0.25) is 0 Å². The largest absolute Gasteiger partial charge is 0.463 e. The van der Waals surface area contributed by atoms with Gasteiger partial charge in [0.15, 0.2) is 0 Å². The van der Waals surface area contributed by atoms with Crippen molar-refractivity contribution in [3.63, 3.8) is 0 Å². The number of ether oxygens (including phenoxy) is 1. The number of amides is 2. The van der Waals surface area contributed by atoms with Crippen molar-refractivity contribution in [3.8, 4) is 12.3 Å². The molecule has 0 saturated carbocycles. The molecule has 2 amide bonds. The second-order valence-corrected chi connectivity index (χ2v) is 9.27. The maximum absolute atomic E-state index is 11.9. The van der Waals surface area contributed by atoms with Crippen molar-refractivity contribution in [2.75, 3.05) is 33.3 Å². The molecule has 1 aliphatic heterocycles. The van der Waals surface area contributed by atoms with Gasteiger partial charge in [-0.25, -0.2) is 4.79 Å². The summed E-state index contributed by atoms with van der Waals surface area (Å²) < 4.78 is 4.92. The molecule has 196 valence electrons. The van der Waals surface area contributed by atoms with Crippen molar-refractivity contribution in [3.05, 3.63) is 11.6 Å². The third-order valence-corrected chi connectivity index (χ3v) is 5.38. The normalized spacial score (nSPS) is 14.9. The van der Waals surface area contributed by atoms with Gasteiger partial charge in [0.2, 0.25) is 12.3 Å². The molecule has 7 heteroatoms. The zero-order valence-corrected chi connectivity index (χ0v) is 23.1. The van der Waals surface area contributed by atoms with Crippen LogP contribution in [0.4, 0.5) is 0 Å². The predicted octanol–water partition coefficient (Wildman–Crippen LogP) is 4.03. The van der Waals surface area contributed by atoms with E-state index in [9.17, 15) is 14.4 Å². The number of carbonyl (C=O) groups is 3. The number of nitrogens with one attached hydrogen (secondary N) is 1. The molecule has 1 aliphatic rings. The highest BCUT2D eigenvalue weighted by molar-refractivity contribution is 5.88. The highest BCUT2D eigenvalue weighted by Gasteiger charge is 2.25. The molecule has 34 heavy (non-hydrogen) atoms. The molecule has 7 nitrogen and oxygen atoms in total. The van der Waals surface area contributed by atoms with Crippen LogP contribution in [0, 0.1) is 18.3 Å². The molecule has 1 atom stereocenters. The quantitative estimate of drug-likeness (QED) is 0.234. The first kappa shape index (κ1) is 33.8. The van der Waals surface area contributed by atoms with Gasteiger partial charge in [-0.1, -0.05) is 52.5 Å². The van der Waals surface area contributed by atoms with E-state index >= 15 is 0 Å². The molecule has 0 spiro atoms. The topological polar surface area (TPSA) is 79.0 Å². The summed E-state index contributed by atoms with van der Waals surface area (Å²) in [5.41, 5.74) is 0.439. The van der Waals surface area contributed by atoms with Crippen LogP contribution in [0.1, 0.15) is 81.1 Å². The lowest BCUT2D eigenvalue weighted by Crippen LogP contribution is -2.45. The number of terminal acetylenes is 1. The van der Waals surface area contributed by atoms with Gasteiger partial charge in [0.1, 0.15) is 0 Å². The van der Waals surface area contributed by atoms with Crippen LogP contribution in [0.5, 0.6) is 0 Å². The minimum absolute atomic E-state index is 0.0274. The third-order valence-electron chi connectivity index (χ3n) is 5.38. The first-order valence-electron chi connectivity index (χ1n) is 12.4. The molecule has 0 bridgehead atoms. The minimum Gasteiger partial charge on any atom is -0.463 e. The van der Waals surface area contributed by atoms with Crippen LogP contribution in [0.15, 0.2) is 11.6 Å². The van der Waals surface area contributed by atoms with E-state index in [0.717, 1.165) is 0 Å². The molecule has 0 aliphatic carbocycles. The number of piperidine rings is 1. The van der Waals surface area contributed by atoms with Crippen LogP contribution < -0.4 is 5.32 Å². The van der Waals surface area contributed by atoms with Gasteiger partial charge in [0, 0.05) is 12.6 Å². The molecule has 1 N–H and O–H groups in total. The molecule has 1 saturated heterocycles. The van der Waals surface area contributed by atoms with E-state index in [-0.39, 0.29) is 35.9 Å². The standard InChI is InChI=1S/C14H24N2O4.C10H17N.C3H8/c1-6-20-14(19)11(4)7-12(10(2)3)16(5)13(18)8-15-9-17;1-4-10(2,3)11-8-6-5-7-9-11;1-3-2/h7,9-10,12H,6,8H2,1-5H3,(H,15,17);1H,5-9H2,2-3H3;3H2,1-2H3/b11-7+;;/t12-;;/m1../s1. The van der Waals surface area contributed by atoms with Crippen LogP contribution in [-0.2, 0) is 19.1 Å². The van der Waals surface area contributed by atoms with E-state index in [1.165, 1.54) is 43.7 Å². The minimum atomic E-state index is -0.384. The molecular weight excluding hydrogens is 430 g/mol. The Kier molecular flexibility index (Phi) is 18.9. The van der Waals surface area contributed by atoms with E-state index in [2.05, 4.69) is 43.8 Å². The van der Waals surface area contributed by atoms with E-state index in [0.29, 0.717) is 18.6 Å². The van der Waals surface area contributed by atoms with Gasteiger partial charge in [0.25, 0.3) is 0 Å². The summed E-state index contributed by atoms with van der Waals surface area (Å²) in [4.78, 5) is 37.6. The summed E-state index contributed by atoms with van der Waals surface area (Å²) in [7, 11) is 1.65. The number of nitrogens with zero attached hydrogens (tertiary/aromatic N) is 2. The lowest BCUT2D eigenvalue weighted by molar-refractivity contribution is -0.138. The molecule has 1 heterocycles. The summed E-state index contributed by atoms with van der Waals surface area (Å²) in [6.07, 6.45) is 12.9. The maximum Gasteiger partial charge on any atom is 0.333 e. The summed E-state index contributed by atoms with van der Waals surface area (Å²) in [5.74, 6) is 2.36. The Balaban J connectivity index is 0. The first-order valence-corrected chi connectivity index (χ1v) is 12.4. The van der Waals surface area contributed by atoms with Gasteiger partial charge in [-0.2, -0.15) is 0 Å². The van der Waals surface area contributed by atoms with Gasteiger partial charge in [-0.05, 0) is 59.5 Å². The van der Waals surface area contributed by atoms with Crippen LogP contribution in [0.3, 0.4) is 0 Å². The summed E-state index contributed by atoms with van der Waals surface area (Å²) in [5, 5.41) is 2.34. The third kappa shape index (κ3) is 14.0. The highest BCUT2D eigenvalue weighted by atomic mass is 16.5. The lowest BCUT2D eigenvalue weighted by Gasteiger charge is -2.37. The van der Waals surface area contributed by atoms with Crippen LogP contribution in [0.25, 0.3) is 0 Å². The average Bonchev–Trinajstić information content (AvgIpc) is 2.81. The van der Waals surface area contributed by atoms with Gasteiger partial charge in [-0.3, -0.25) is 14.5 Å². The van der Waals surface area contributed by atoms with Crippen LogP contribution in [-0.4, -0.2) is 73.0 Å².